The number of carbonyl (C=O) groups excluding carboxylic acids is 1. The standard InChI is InChI=1S/C14H10Cl2N2O3/c15-8-1-3-9(4-2-8)17-14(21)18-10-5-6-12(16)11(7-10)13(19)20/h1-7H,(H,19,20)(H2,17,18,21). The number of nitrogens with one attached hydrogen (secondary N) is 2. The van der Waals surface area contributed by atoms with Crippen molar-refractivity contribution in [2.45, 2.75) is 0 Å². The van der Waals surface area contributed by atoms with Gasteiger partial charge in [-0.05, 0) is 42.5 Å². The van der Waals surface area contributed by atoms with Gasteiger partial charge in [-0.25, -0.2) is 9.59 Å². The van der Waals surface area contributed by atoms with Gasteiger partial charge in [-0.2, -0.15) is 0 Å². The number of amides is 2. The molecule has 0 unspecified atom stereocenters. The van der Waals surface area contributed by atoms with E-state index in [1.54, 1.807) is 24.3 Å². The molecule has 0 aliphatic rings. The van der Waals surface area contributed by atoms with Crippen LogP contribution in [0.1, 0.15) is 10.4 Å². The summed E-state index contributed by atoms with van der Waals surface area (Å²) in [4.78, 5) is 22.8. The molecule has 2 aromatic carbocycles. The Morgan fingerprint density at radius 3 is 2.10 bits per heavy atom. The van der Waals surface area contributed by atoms with Crippen LogP contribution >= 0.6 is 23.2 Å². The first kappa shape index (κ1) is 15.2. The number of carboxylic acid groups (broad SMARTS) is 1. The summed E-state index contributed by atoms with van der Waals surface area (Å²) in [5, 5.41) is 14.7. The van der Waals surface area contributed by atoms with Gasteiger partial charge >= 0.3 is 12.0 Å². The maximum atomic E-state index is 11.8. The smallest absolute Gasteiger partial charge is 0.337 e. The number of carbonyl (C=O) groups is 2. The summed E-state index contributed by atoms with van der Waals surface area (Å²) in [6.07, 6.45) is 0. The van der Waals surface area contributed by atoms with E-state index in [0.717, 1.165) is 0 Å². The molecule has 0 saturated heterocycles. The van der Waals surface area contributed by atoms with E-state index >= 15 is 0 Å². The molecule has 7 heteroatoms. The Morgan fingerprint density at radius 2 is 1.48 bits per heavy atom. The Kier molecular flexibility index (Phi) is 4.67. The summed E-state index contributed by atoms with van der Waals surface area (Å²) >= 11 is 11.5. The van der Waals surface area contributed by atoms with E-state index in [1.165, 1.54) is 18.2 Å². The summed E-state index contributed by atoms with van der Waals surface area (Å²) in [5.74, 6) is -1.17. The fourth-order valence-electron chi connectivity index (χ4n) is 1.59. The maximum Gasteiger partial charge on any atom is 0.337 e. The van der Waals surface area contributed by atoms with Gasteiger partial charge in [0.05, 0.1) is 10.6 Å². The van der Waals surface area contributed by atoms with Gasteiger partial charge in [0.25, 0.3) is 0 Å². The molecule has 21 heavy (non-hydrogen) atoms. The number of carboxylic acids is 1. The van der Waals surface area contributed by atoms with Gasteiger partial charge in [-0.3, -0.25) is 0 Å². The minimum absolute atomic E-state index is 0.0824. The van der Waals surface area contributed by atoms with Crippen LogP contribution in [0.15, 0.2) is 42.5 Å². The normalized spacial score (nSPS) is 10.0. The molecule has 0 aliphatic carbocycles. The predicted molar refractivity (Wildman–Crippen MR) is 82.5 cm³/mol. The maximum absolute atomic E-state index is 11.8. The van der Waals surface area contributed by atoms with Crippen molar-refractivity contribution in [1.29, 1.82) is 0 Å². The van der Waals surface area contributed by atoms with E-state index in [9.17, 15) is 9.59 Å². The molecule has 0 saturated carbocycles. The van der Waals surface area contributed by atoms with Crippen molar-refractivity contribution >= 4 is 46.6 Å². The average molecular weight is 325 g/mol. The number of hydrogen-bond acceptors (Lipinski definition) is 2. The van der Waals surface area contributed by atoms with Crippen molar-refractivity contribution in [2.24, 2.45) is 0 Å². The first-order valence-corrected chi connectivity index (χ1v) is 6.58. The molecule has 0 spiro atoms. The van der Waals surface area contributed by atoms with Gasteiger partial charge in [0.15, 0.2) is 0 Å². The lowest BCUT2D eigenvalue weighted by Gasteiger charge is -2.09. The molecule has 0 heterocycles. The Hall–Kier alpha value is -2.24. The molecule has 2 aromatic rings. The van der Waals surface area contributed by atoms with Crippen LogP contribution in [0.4, 0.5) is 16.2 Å². The van der Waals surface area contributed by atoms with Gasteiger partial charge in [-0.15, -0.1) is 0 Å². The van der Waals surface area contributed by atoms with Crippen molar-refractivity contribution in [1.82, 2.24) is 0 Å². The highest BCUT2D eigenvalue weighted by atomic mass is 35.5. The van der Waals surface area contributed by atoms with Gasteiger partial charge in [0.2, 0.25) is 0 Å². The third-order valence-corrected chi connectivity index (χ3v) is 3.14. The molecule has 108 valence electrons. The molecule has 3 N–H and O–H groups in total. The molecule has 0 aromatic heterocycles. The number of anilines is 2. The van der Waals surface area contributed by atoms with Crippen LogP contribution in [0.25, 0.3) is 0 Å². The van der Waals surface area contributed by atoms with Crippen molar-refractivity contribution < 1.29 is 14.7 Å². The lowest BCUT2D eigenvalue weighted by Crippen LogP contribution is -2.19. The minimum atomic E-state index is -1.17. The van der Waals surface area contributed by atoms with Gasteiger partial charge < -0.3 is 15.7 Å². The Labute approximate surface area is 130 Å². The highest BCUT2D eigenvalue weighted by Gasteiger charge is 2.10. The lowest BCUT2D eigenvalue weighted by atomic mass is 10.2. The number of halogens is 2. The fourth-order valence-corrected chi connectivity index (χ4v) is 1.92. The molecular formula is C14H10Cl2N2O3. The second-order valence-electron chi connectivity index (χ2n) is 4.09. The van der Waals surface area contributed by atoms with Crippen molar-refractivity contribution in [3.63, 3.8) is 0 Å². The largest absolute Gasteiger partial charge is 0.478 e. The summed E-state index contributed by atoms with van der Waals surface area (Å²) in [7, 11) is 0. The van der Waals surface area contributed by atoms with E-state index in [2.05, 4.69) is 10.6 Å². The molecule has 2 rings (SSSR count). The van der Waals surface area contributed by atoms with Crippen LogP contribution in [0.2, 0.25) is 10.0 Å². The third kappa shape index (κ3) is 4.11. The van der Waals surface area contributed by atoms with E-state index in [0.29, 0.717) is 16.4 Å². The van der Waals surface area contributed by atoms with Crippen LogP contribution in [0.5, 0.6) is 0 Å². The molecule has 0 radical (unpaired) electrons. The zero-order chi connectivity index (χ0) is 15.4. The third-order valence-electron chi connectivity index (χ3n) is 2.56. The average Bonchev–Trinajstić information content (AvgIpc) is 2.43. The Morgan fingerprint density at radius 1 is 0.905 bits per heavy atom. The van der Waals surface area contributed by atoms with Crippen molar-refractivity contribution in [2.75, 3.05) is 10.6 Å². The zero-order valence-electron chi connectivity index (χ0n) is 10.6. The molecule has 5 nitrogen and oxygen atoms in total. The van der Waals surface area contributed by atoms with Crippen LogP contribution in [-0.2, 0) is 0 Å². The van der Waals surface area contributed by atoms with Gasteiger partial charge in [-0.1, -0.05) is 23.2 Å². The van der Waals surface area contributed by atoms with Crippen LogP contribution in [-0.4, -0.2) is 17.1 Å². The monoisotopic (exact) mass is 324 g/mol. The van der Waals surface area contributed by atoms with Crippen LogP contribution in [0.3, 0.4) is 0 Å². The van der Waals surface area contributed by atoms with Gasteiger partial charge in [0.1, 0.15) is 0 Å². The number of urea groups is 1. The van der Waals surface area contributed by atoms with E-state index in [1.807, 2.05) is 0 Å². The molecule has 2 amide bonds. The quantitative estimate of drug-likeness (QED) is 0.785. The molecular weight excluding hydrogens is 315 g/mol. The first-order chi connectivity index (χ1) is 9.95. The fraction of sp³-hybridized carbons (Fsp3) is 0. The topological polar surface area (TPSA) is 78.4 Å². The summed E-state index contributed by atoms with van der Waals surface area (Å²) in [6, 6.07) is 10.3. The van der Waals surface area contributed by atoms with Crippen LogP contribution < -0.4 is 10.6 Å². The van der Waals surface area contributed by atoms with E-state index < -0.39 is 12.0 Å². The molecule has 0 bridgehead atoms. The summed E-state index contributed by atoms with van der Waals surface area (Å²) in [6.45, 7) is 0. The first-order valence-electron chi connectivity index (χ1n) is 5.82. The van der Waals surface area contributed by atoms with Crippen molar-refractivity contribution in [3.05, 3.63) is 58.1 Å². The zero-order valence-corrected chi connectivity index (χ0v) is 12.1. The molecule has 0 fully saturated rings. The Balaban J connectivity index is 2.07. The number of rotatable bonds is 3. The number of benzene rings is 2. The van der Waals surface area contributed by atoms with Crippen molar-refractivity contribution in [3.8, 4) is 0 Å². The highest BCUT2D eigenvalue weighted by molar-refractivity contribution is 6.33. The lowest BCUT2D eigenvalue weighted by molar-refractivity contribution is 0.0697. The predicted octanol–water partition coefficient (Wildman–Crippen LogP) is 4.34. The number of hydrogen-bond donors (Lipinski definition) is 3. The van der Waals surface area contributed by atoms with E-state index in [-0.39, 0.29) is 10.6 Å². The molecule has 0 atom stereocenters. The summed E-state index contributed by atoms with van der Waals surface area (Å²) < 4.78 is 0. The van der Waals surface area contributed by atoms with Crippen LogP contribution in [0, 0.1) is 0 Å². The van der Waals surface area contributed by atoms with Gasteiger partial charge in [0, 0.05) is 16.4 Å². The second kappa shape index (κ2) is 6.47. The SMILES string of the molecule is O=C(Nc1ccc(Cl)cc1)Nc1ccc(Cl)c(C(=O)O)c1. The molecule has 0 aliphatic heterocycles. The highest BCUT2D eigenvalue weighted by Crippen LogP contribution is 2.21. The summed E-state index contributed by atoms with van der Waals surface area (Å²) in [5.41, 5.74) is 0.800. The minimum Gasteiger partial charge on any atom is -0.478 e. The second-order valence-corrected chi connectivity index (χ2v) is 4.93. The van der Waals surface area contributed by atoms with E-state index in [4.69, 9.17) is 28.3 Å². The Bertz CT molecular complexity index is 687. The number of aromatic carboxylic acids is 1.